The van der Waals surface area contributed by atoms with Crippen molar-refractivity contribution in [3.63, 3.8) is 0 Å². The van der Waals surface area contributed by atoms with Gasteiger partial charge in [-0.2, -0.15) is 0 Å². The molecule has 2 aromatic rings. The second kappa shape index (κ2) is 5.39. The van der Waals surface area contributed by atoms with E-state index in [1.807, 2.05) is 18.2 Å². The molecule has 2 nitrogen and oxygen atoms in total. The summed E-state index contributed by atoms with van der Waals surface area (Å²) in [7, 11) is 0. The average Bonchev–Trinajstić information content (AvgIpc) is 2.89. The Kier molecular flexibility index (Phi) is 3.64. The van der Waals surface area contributed by atoms with Gasteiger partial charge in [0.05, 0.1) is 10.7 Å². The molecule has 3 rings (SSSR count). The quantitative estimate of drug-likeness (QED) is 0.900. The van der Waals surface area contributed by atoms with E-state index in [1.165, 1.54) is 17.8 Å². The van der Waals surface area contributed by atoms with Crippen LogP contribution in [0.5, 0.6) is 0 Å². The maximum atomic E-state index is 6.02. The molecule has 0 bridgehead atoms. The molecular weight excluding hydrogens is 264 g/mol. The fourth-order valence-corrected chi connectivity index (χ4v) is 3.47. The zero-order valence-corrected chi connectivity index (χ0v) is 11.6. The summed E-state index contributed by atoms with van der Waals surface area (Å²) in [5.41, 5.74) is 2.15. The van der Waals surface area contributed by atoms with Gasteiger partial charge in [0.1, 0.15) is 0 Å². The second-order valence-corrected chi connectivity index (χ2v) is 5.95. The zero-order valence-electron chi connectivity index (χ0n) is 10.0. The van der Waals surface area contributed by atoms with Crippen molar-refractivity contribution in [1.82, 2.24) is 10.3 Å². The third kappa shape index (κ3) is 2.58. The number of benzene rings is 1. The van der Waals surface area contributed by atoms with Crippen LogP contribution in [0.25, 0.3) is 11.3 Å². The molecule has 1 aromatic heterocycles. The number of hydrogen-bond donors (Lipinski definition) is 1. The van der Waals surface area contributed by atoms with Crippen LogP contribution in [0.4, 0.5) is 0 Å². The highest BCUT2D eigenvalue weighted by molar-refractivity contribution is 7.10. The van der Waals surface area contributed by atoms with E-state index in [9.17, 15) is 0 Å². The summed E-state index contributed by atoms with van der Waals surface area (Å²) in [6.07, 6.45) is 2.49. The number of nitrogens with zero attached hydrogens (tertiary/aromatic N) is 1. The lowest BCUT2D eigenvalue weighted by Crippen LogP contribution is -2.28. The Hall–Kier alpha value is -0.900. The van der Waals surface area contributed by atoms with E-state index >= 15 is 0 Å². The van der Waals surface area contributed by atoms with Gasteiger partial charge in [0.25, 0.3) is 0 Å². The van der Waals surface area contributed by atoms with Gasteiger partial charge in [-0.15, -0.1) is 11.3 Å². The molecule has 0 spiro atoms. The SMILES string of the molecule is Clc1cccc(-c2csc(C3CCCNC3)n2)c1. The minimum absolute atomic E-state index is 0.580. The van der Waals surface area contributed by atoms with Gasteiger partial charge in [0.15, 0.2) is 0 Å². The maximum Gasteiger partial charge on any atom is 0.0976 e. The Bertz CT molecular complexity index is 532. The fourth-order valence-electron chi connectivity index (χ4n) is 2.32. The fraction of sp³-hybridized carbons (Fsp3) is 0.357. The predicted molar refractivity (Wildman–Crippen MR) is 77.4 cm³/mol. The molecule has 18 heavy (non-hydrogen) atoms. The monoisotopic (exact) mass is 278 g/mol. The van der Waals surface area contributed by atoms with Crippen molar-refractivity contribution in [3.05, 3.63) is 39.7 Å². The molecule has 1 aliphatic rings. The van der Waals surface area contributed by atoms with Crippen molar-refractivity contribution < 1.29 is 0 Å². The molecule has 2 heterocycles. The van der Waals surface area contributed by atoms with Gasteiger partial charge in [-0.1, -0.05) is 23.7 Å². The van der Waals surface area contributed by atoms with E-state index in [1.54, 1.807) is 11.3 Å². The molecule has 0 aliphatic carbocycles. The lowest BCUT2D eigenvalue weighted by atomic mass is 10.0. The summed E-state index contributed by atoms with van der Waals surface area (Å²) >= 11 is 7.78. The summed E-state index contributed by atoms with van der Waals surface area (Å²) in [6, 6.07) is 7.89. The van der Waals surface area contributed by atoms with Crippen LogP contribution in [0.15, 0.2) is 29.6 Å². The molecule has 0 saturated carbocycles. The maximum absolute atomic E-state index is 6.02. The molecule has 1 atom stereocenters. The van der Waals surface area contributed by atoms with Gasteiger partial charge in [0.2, 0.25) is 0 Å². The molecule has 94 valence electrons. The normalized spacial score (nSPS) is 19.9. The topological polar surface area (TPSA) is 24.9 Å². The van der Waals surface area contributed by atoms with E-state index in [4.69, 9.17) is 16.6 Å². The van der Waals surface area contributed by atoms with Gasteiger partial charge < -0.3 is 5.32 Å². The summed E-state index contributed by atoms with van der Waals surface area (Å²) in [5, 5.41) is 7.58. The number of rotatable bonds is 2. The summed E-state index contributed by atoms with van der Waals surface area (Å²) in [4.78, 5) is 4.77. The first kappa shape index (κ1) is 12.2. The summed E-state index contributed by atoms with van der Waals surface area (Å²) < 4.78 is 0. The first-order chi connectivity index (χ1) is 8.83. The lowest BCUT2D eigenvalue weighted by Gasteiger charge is -2.20. The van der Waals surface area contributed by atoms with Crippen LogP contribution < -0.4 is 5.32 Å². The molecule has 1 aromatic carbocycles. The Morgan fingerprint density at radius 3 is 3.11 bits per heavy atom. The smallest absolute Gasteiger partial charge is 0.0976 e. The first-order valence-corrected chi connectivity index (χ1v) is 7.51. The van der Waals surface area contributed by atoms with Crippen molar-refractivity contribution in [2.75, 3.05) is 13.1 Å². The molecular formula is C14H15ClN2S. The van der Waals surface area contributed by atoms with Crippen LogP contribution in [-0.4, -0.2) is 18.1 Å². The van der Waals surface area contributed by atoms with Crippen LogP contribution in [0.1, 0.15) is 23.8 Å². The van der Waals surface area contributed by atoms with E-state index in [0.717, 1.165) is 29.4 Å². The van der Waals surface area contributed by atoms with E-state index in [-0.39, 0.29) is 0 Å². The van der Waals surface area contributed by atoms with Gasteiger partial charge in [-0.25, -0.2) is 4.98 Å². The predicted octanol–water partition coefficient (Wildman–Crippen LogP) is 3.93. The Morgan fingerprint density at radius 1 is 1.39 bits per heavy atom. The van der Waals surface area contributed by atoms with Gasteiger partial charge >= 0.3 is 0 Å². The van der Waals surface area contributed by atoms with Gasteiger partial charge in [-0.05, 0) is 31.5 Å². The Labute approximate surface area is 116 Å². The largest absolute Gasteiger partial charge is 0.316 e. The van der Waals surface area contributed by atoms with Crippen molar-refractivity contribution >= 4 is 22.9 Å². The van der Waals surface area contributed by atoms with Crippen molar-refractivity contribution in [2.24, 2.45) is 0 Å². The van der Waals surface area contributed by atoms with Crippen LogP contribution in [0.3, 0.4) is 0 Å². The first-order valence-electron chi connectivity index (χ1n) is 6.25. The van der Waals surface area contributed by atoms with Gasteiger partial charge in [0, 0.05) is 28.4 Å². The van der Waals surface area contributed by atoms with Crippen molar-refractivity contribution in [3.8, 4) is 11.3 Å². The highest BCUT2D eigenvalue weighted by Gasteiger charge is 2.18. The van der Waals surface area contributed by atoms with E-state index < -0.39 is 0 Å². The Morgan fingerprint density at radius 2 is 2.33 bits per heavy atom. The molecule has 1 N–H and O–H groups in total. The highest BCUT2D eigenvalue weighted by atomic mass is 35.5. The number of halogens is 1. The molecule has 1 unspecified atom stereocenters. The molecule has 0 radical (unpaired) electrons. The Balaban J connectivity index is 1.84. The summed E-state index contributed by atoms with van der Waals surface area (Å²) in [5.74, 6) is 0.580. The van der Waals surface area contributed by atoms with E-state index in [0.29, 0.717) is 5.92 Å². The third-order valence-corrected chi connectivity index (χ3v) is 4.53. The third-order valence-electron chi connectivity index (χ3n) is 3.29. The number of piperidine rings is 1. The summed E-state index contributed by atoms with van der Waals surface area (Å²) in [6.45, 7) is 2.20. The molecule has 0 amide bonds. The van der Waals surface area contributed by atoms with Crippen LogP contribution in [0.2, 0.25) is 5.02 Å². The molecule has 1 aliphatic heterocycles. The average molecular weight is 279 g/mol. The van der Waals surface area contributed by atoms with Crippen LogP contribution in [0, 0.1) is 0 Å². The molecule has 1 saturated heterocycles. The minimum atomic E-state index is 0.580. The standard InChI is InChI=1S/C14H15ClN2S/c15-12-5-1-3-10(7-12)13-9-18-14(17-13)11-4-2-6-16-8-11/h1,3,5,7,9,11,16H,2,4,6,8H2. The number of aromatic nitrogens is 1. The lowest BCUT2D eigenvalue weighted by molar-refractivity contribution is 0.460. The molecule has 4 heteroatoms. The number of thiazole rings is 1. The number of hydrogen-bond acceptors (Lipinski definition) is 3. The zero-order chi connectivity index (χ0) is 12.4. The minimum Gasteiger partial charge on any atom is -0.316 e. The van der Waals surface area contributed by atoms with Crippen molar-refractivity contribution in [1.29, 1.82) is 0 Å². The van der Waals surface area contributed by atoms with Crippen LogP contribution >= 0.6 is 22.9 Å². The van der Waals surface area contributed by atoms with E-state index in [2.05, 4.69) is 16.8 Å². The van der Waals surface area contributed by atoms with Crippen LogP contribution in [-0.2, 0) is 0 Å². The second-order valence-electron chi connectivity index (χ2n) is 4.62. The van der Waals surface area contributed by atoms with Crippen molar-refractivity contribution in [2.45, 2.75) is 18.8 Å². The van der Waals surface area contributed by atoms with Gasteiger partial charge in [-0.3, -0.25) is 0 Å². The molecule has 1 fully saturated rings. The highest BCUT2D eigenvalue weighted by Crippen LogP contribution is 2.30. The number of nitrogens with one attached hydrogen (secondary N) is 1.